The van der Waals surface area contributed by atoms with Crippen molar-refractivity contribution >= 4 is 5.91 Å². The molecule has 1 rings (SSSR count). The monoisotopic (exact) mass is 253 g/mol. The molecule has 1 aromatic rings. The van der Waals surface area contributed by atoms with Crippen LogP contribution in [0.3, 0.4) is 0 Å². The summed E-state index contributed by atoms with van der Waals surface area (Å²) in [4.78, 5) is 11.7. The molecule has 1 heterocycles. The van der Waals surface area contributed by atoms with Crippen LogP contribution in [0.1, 0.15) is 45.5 Å². The van der Waals surface area contributed by atoms with Gasteiger partial charge in [0.2, 0.25) is 5.91 Å². The van der Waals surface area contributed by atoms with E-state index in [1.165, 1.54) is 6.26 Å². The Hall–Kier alpha value is -1.29. The van der Waals surface area contributed by atoms with Gasteiger partial charge >= 0.3 is 0 Å². The second kappa shape index (κ2) is 7.21. The molecule has 0 fully saturated rings. The van der Waals surface area contributed by atoms with Crippen LogP contribution in [0.2, 0.25) is 0 Å². The summed E-state index contributed by atoms with van der Waals surface area (Å²) in [6.07, 6.45) is 2.27. The Morgan fingerprint density at radius 1 is 1.44 bits per heavy atom. The molecule has 0 saturated heterocycles. The lowest BCUT2D eigenvalue weighted by Crippen LogP contribution is -2.29. The Morgan fingerprint density at radius 3 is 2.72 bits per heavy atom. The van der Waals surface area contributed by atoms with Crippen LogP contribution < -0.4 is 5.32 Å². The molecule has 2 unspecified atom stereocenters. The highest BCUT2D eigenvalue weighted by Crippen LogP contribution is 2.15. The lowest BCUT2D eigenvalue weighted by atomic mass is 9.96. The van der Waals surface area contributed by atoms with E-state index in [0.29, 0.717) is 24.0 Å². The lowest BCUT2D eigenvalue weighted by Gasteiger charge is -2.14. The van der Waals surface area contributed by atoms with E-state index in [2.05, 4.69) is 26.1 Å². The van der Waals surface area contributed by atoms with Crippen molar-refractivity contribution in [2.24, 2.45) is 11.8 Å². The van der Waals surface area contributed by atoms with Gasteiger partial charge in [0.1, 0.15) is 11.9 Å². The van der Waals surface area contributed by atoms with Crippen molar-refractivity contribution in [2.75, 3.05) is 6.54 Å². The molecule has 18 heavy (non-hydrogen) atoms. The van der Waals surface area contributed by atoms with Crippen molar-refractivity contribution in [1.29, 1.82) is 0 Å². The summed E-state index contributed by atoms with van der Waals surface area (Å²) in [5, 5.41) is 12.5. The first-order valence-corrected chi connectivity index (χ1v) is 6.47. The Kier molecular flexibility index (Phi) is 5.92. The molecule has 102 valence electrons. The van der Waals surface area contributed by atoms with Crippen LogP contribution in [0.15, 0.2) is 22.8 Å². The van der Waals surface area contributed by atoms with E-state index in [1.54, 1.807) is 12.1 Å². The first-order valence-electron chi connectivity index (χ1n) is 6.47. The summed E-state index contributed by atoms with van der Waals surface area (Å²) in [5.41, 5.74) is 0. The van der Waals surface area contributed by atoms with Gasteiger partial charge < -0.3 is 14.8 Å². The van der Waals surface area contributed by atoms with Crippen LogP contribution in [0.25, 0.3) is 0 Å². The van der Waals surface area contributed by atoms with Gasteiger partial charge in [-0.25, -0.2) is 0 Å². The summed E-state index contributed by atoms with van der Waals surface area (Å²) in [7, 11) is 0. The van der Waals surface area contributed by atoms with Crippen LogP contribution in [-0.4, -0.2) is 17.6 Å². The van der Waals surface area contributed by atoms with Gasteiger partial charge in [0, 0.05) is 6.42 Å². The van der Waals surface area contributed by atoms with E-state index >= 15 is 0 Å². The van der Waals surface area contributed by atoms with Gasteiger partial charge in [-0.2, -0.15) is 0 Å². The minimum absolute atomic E-state index is 0.0197. The van der Waals surface area contributed by atoms with Crippen molar-refractivity contribution in [3.05, 3.63) is 24.2 Å². The first-order chi connectivity index (χ1) is 8.49. The fourth-order valence-electron chi connectivity index (χ4n) is 2.07. The normalized spacial score (nSPS) is 14.5. The average Bonchev–Trinajstić information content (AvgIpc) is 2.77. The molecule has 0 aliphatic rings. The number of aliphatic hydroxyl groups is 1. The molecule has 0 aromatic carbocycles. The number of carbonyl (C=O) groups is 1. The van der Waals surface area contributed by atoms with Gasteiger partial charge in [0.05, 0.1) is 12.8 Å². The van der Waals surface area contributed by atoms with Gasteiger partial charge in [-0.1, -0.05) is 20.8 Å². The summed E-state index contributed by atoms with van der Waals surface area (Å²) >= 11 is 0. The SMILES string of the molecule is CC(C)CC(C)CC(=O)NCC(O)c1ccco1. The predicted molar refractivity (Wildman–Crippen MR) is 69.9 cm³/mol. The van der Waals surface area contributed by atoms with Gasteiger partial charge in [0.25, 0.3) is 0 Å². The highest BCUT2D eigenvalue weighted by atomic mass is 16.4. The Morgan fingerprint density at radius 2 is 2.17 bits per heavy atom. The molecule has 1 aromatic heterocycles. The third kappa shape index (κ3) is 5.36. The van der Waals surface area contributed by atoms with Crippen LogP contribution in [-0.2, 0) is 4.79 Å². The van der Waals surface area contributed by atoms with Crippen LogP contribution in [0.5, 0.6) is 0 Å². The number of hydrogen-bond acceptors (Lipinski definition) is 3. The predicted octanol–water partition coefficient (Wildman–Crippen LogP) is 2.50. The topological polar surface area (TPSA) is 62.5 Å². The van der Waals surface area contributed by atoms with Crippen molar-refractivity contribution < 1.29 is 14.3 Å². The van der Waals surface area contributed by atoms with Crippen LogP contribution in [0, 0.1) is 11.8 Å². The molecule has 0 spiro atoms. The number of amides is 1. The van der Waals surface area contributed by atoms with Crippen molar-refractivity contribution in [2.45, 2.75) is 39.7 Å². The van der Waals surface area contributed by atoms with Gasteiger partial charge in [-0.15, -0.1) is 0 Å². The summed E-state index contributed by atoms with van der Waals surface area (Å²) in [5.74, 6) is 1.42. The van der Waals surface area contributed by atoms with E-state index in [0.717, 1.165) is 6.42 Å². The Bertz CT molecular complexity index is 346. The van der Waals surface area contributed by atoms with Crippen molar-refractivity contribution in [3.8, 4) is 0 Å². The number of carbonyl (C=O) groups excluding carboxylic acids is 1. The van der Waals surface area contributed by atoms with Crippen molar-refractivity contribution in [3.63, 3.8) is 0 Å². The Labute approximate surface area is 108 Å². The van der Waals surface area contributed by atoms with E-state index < -0.39 is 6.10 Å². The molecule has 0 bridgehead atoms. The zero-order valence-corrected chi connectivity index (χ0v) is 11.3. The average molecular weight is 253 g/mol. The quantitative estimate of drug-likeness (QED) is 0.784. The largest absolute Gasteiger partial charge is 0.467 e. The second-order valence-corrected chi connectivity index (χ2v) is 5.27. The van der Waals surface area contributed by atoms with E-state index in [9.17, 15) is 9.90 Å². The highest BCUT2D eigenvalue weighted by molar-refractivity contribution is 5.76. The zero-order chi connectivity index (χ0) is 13.5. The fourth-order valence-corrected chi connectivity index (χ4v) is 2.07. The fraction of sp³-hybridized carbons (Fsp3) is 0.643. The van der Waals surface area contributed by atoms with Crippen molar-refractivity contribution in [1.82, 2.24) is 5.32 Å². The van der Waals surface area contributed by atoms with E-state index in [1.807, 2.05) is 0 Å². The van der Waals surface area contributed by atoms with Gasteiger partial charge in [-0.3, -0.25) is 4.79 Å². The number of hydrogen-bond donors (Lipinski definition) is 2. The van der Waals surface area contributed by atoms with Gasteiger partial charge in [0.15, 0.2) is 0 Å². The number of furan rings is 1. The lowest BCUT2D eigenvalue weighted by molar-refractivity contribution is -0.122. The van der Waals surface area contributed by atoms with Gasteiger partial charge in [-0.05, 0) is 30.4 Å². The number of aliphatic hydroxyl groups excluding tert-OH is 1. The first kappa shape index (κ1) is 14.8. The molecule has 0 aliphatic carbocycles. The molecule has 4 nitrogen and oxygen atoms in total. The van der Waals surface area contributed by atoms with E-state index in [-0.39, 0.29) is 12.5 Å². The minimum atomic E-state index is -0.774. The van der Waals surface area contributed by atoms with Crippen LogP contribution >= 0.6 is 0 Å². The number of nitrogens with one attached hydrogen (secondary N) is 1. The standard InChI is InChI=1S/C14H23NO3/c1-10(2)7-11(3)8-14(17)15-9-12(16)13-5-4-6-18-13/h4-6,10-12,16H,7-9H2,1-3H3,(H,15,17). The summed E-state index contributed by atoms with van der Waals surface area (Å²) < 4.78 is 5.06. The molecule has 1 amide bonds. The third-order valence-electron chi connectivity index (χ3n) is 2.77. The Balaban J connectivity index is 2.24. The third-order valence-corrected chi connectivity index (χ3v) is 2.77. The smallest absolute Gasteiger partial charge is 0.220 e. The summed E-state index contributed by atoms with van der Waals surface area (Å²) in [6.45, 7) is 6.56. The molecular weight excluding hydrogens is 230 g/mol. The second-order valence-electron chi connectivity index (χ2n) is 5.27. The molecule has 0 radical (unpaired) electrons. The minimum Gasteiger partial charge on any atom is -0.467 e. The zero-order valence-electron chi connectivity index (χ0n) is 11.3. The number of rotatable bonds is 7. The van der Waals surface area contributed by atoms with E-state index in [4.69, 9.17) is 4.42 Å². The maximum atomic E-state index is 11.7. The maximum absolute atomic E-state index is 11.7. The molecule has 4 heteroatoms. The molecule has 0 saturated carbocycles. The molecule has 2 N–H and O–H groups in total. The highest BCUT2D eigenvalue weighted by Gasteiger charge is 2.14. The molecule has 0 aliphatic heterocycles. The molecule has 2 atom stereocenters. The maximum Gasteiger partial charge on any atom is 0.220 e. The molecular formula is C14H23NO3. The van der Waals surface area contributed by atoms with Crippen LogP contribution in [0.4, 0.5) is 0 Å². The summed E-state index contributed by atoms with van der Waals surface area (Å²) in [6, 6.07) is 3.41.